The molecule has 1 aliphatic rings. The van der Waals surface area contributed by atoms with Crippen LogP contribution in [0.25, 0.3) is 0 Å². The fourth-order valence-corrected chi connectivity index (χ4v) is 3.47. The average Bonchev–Trinajstić information content (AvgIpc) is 3.13. The lowest BCUT2D eigenvalue weighted by Crippen LogP contribution is -2.47. The summed E-state index contributed by atoms with van der Waals surface area (Å²) in [7, 11) is 5.46. The van der Waals surface area contributed by atoms with Crippen LogP contribution >= 0.6 is 0 Å². The van der Waals surface area contributed by atoms with Gasteiger partial charge < -0.3 is 14.4 Å². The molecule has 0 radical (unpaired) electrons. The zero-order valence-electron chi connectivity index (χ0n) is 17.1. The second kappa shape index (κ2) is 7.82. The normalized spacial score (nSPS) is 17.7. The molecule has 0 spiro atoms. The Morgan fingerprint density at radius 1 is 1.00 bits per heavy atom. The number of hydrogen-bond acceptors (Lipinski definition) is 7. The average molecular weight is 374 g/mol. The molecule has 1 fully saturated rings. The van der Waals surface area contributed by atoms with Crippen molar-refractivity contribution >= 4 is 0 Å². The minimum atomic E-state index is -0.208. The Bertz CT molecular complexity index is 762. The van der Waals surface area contributed by atoms with Gasteiger partial charge in [-0.2, -0.15) is 0 Å². The third-order valence-corrected chi connectivity index (χ3v) is 5.00. The minimum Gasteiger partial charge on any atom is -0.493 e. The van der Waals surface area contributed by atoms with Crippen LogP contribution in [0, 0.1) is 0 Å². The van der Waals surface area contributed by atoms with E-state index in [1.54, 1.807) is 14.2 Å². The molecule has 8 heteroatoms. The number of likely N-dealkylation sites (N-methyl/N-ethyl adjacent to an activating group) is 1. The van der Waals surface area contributed by atoms with E-state index in [1.807, 2.05) is 16.8 Å². The summed E-state index contributed by atoms with van der Waals surface area (Å²) < 4.78 is 12.9. The Balaban J connectivity index is 2.08. The number of hydrogen-bond donors (Lipinski definition) is 0. The van der Waals surface area contributed by atoms with Crippen molar-refractivity contribution in [1.29, 1.82) is 0 Å². The first-order chi connectivity index (χ1) is 12.8. The van der Waals surface area contributed by atoms with Gasteiger partial charge in [0.05, 0.1) is 25.8 Å². The first kappa shape index (κ1) is 19.6. The third-order valence-electron chi connectivity index (χ3n) is 5.00. The first-order valence-electron chi connectivity index (χ1n) is 9.28. The van der Waals surface area contributed by atoms with E-state index in [0.29, 0.717) is 11.5 Å². The highest BCUT2D eigenvalue weighted by atomic mass is 16.5. The van der Waals surface area contributed by atoms with Gasteiger partial charge in [-0.05, 0) is 55.9 Å². The first-order valence-corrected chi connectivity index (χ1v) is 9.28. The highest BCUT2D eigenvalue weighted by molar-refractivity contribution is 5.45. The molecule has 2 heterocycles. The molecule has 0 N–H and O–H groups in total. The molecule has 0 amide bonds. The van der Waals surface area contributed by atoms with Crippen LogP contribution in [-0.2, 0) is 5.54 Å². The Morgan fingerprint density at radius 2 is 1.67 bits per heavy atom. The van der Waals surface area contributed by atoms with Crippen molar-refractivity contribution < 1.29 is 9.47 Å². The molecule has 2 aromatic rings. The highest BCUT2D eigenvalue weighted by Crippen LogP contribution is 2.35. The number of piperazine rings is 1. The molecule has 0 bridgehead atoms. The maximum Gasteiger partial charge on any atom is 0.173 e. The summed E-state index contributed by atoms with van der Waals surface area (Å²) in [5, 5.41) is 12.7. The molecule has 8 nitrogen and oxygen atoms in total. The quantitative estimate of drug-likeness (QED) is 0.790. The molecule has 1 aromatic carbocycles. The monoisotopic (exact) mass is 374 g/mol. The van der Waals surface area contributed by atoms with Gasteiger partial charge in [-0.15, -0.1) is 5.10 Å². The number of methoxy groups -OCH3 is 2. The van der Waals surface area contributed by atoms with Crippen molar-refractivity contribution in [2.24, 2.45) is 0 Å². The van der Waals surface area contributed by atoms with Crippen molar-refractivity contribution in [2.45, 2.75) is 32.4 Å². The Labute approximate surface area is 161 Å². The largest absolute Gasteiger partial charge is 0.493 e. The number of tetrazole rings is 1. The summed E-state index contributed by atoms with van der Waals surface area (Å²) in [6, 6.07) is 6.01. The van der Waals surface area contributed by atoms with E-state index in [1.165, 1.54) is 0 Å². The van der Waals surface area contributed by atoms with Gasteiger partial charge in [-0.3, -0.25) is 4.90 Å². The molecular formula is C19H30N6O2. The van der Waals surface area contributed by atoms with Gasteiger partial charge in [0.1, 0.15) is 0 Å². The molecule has 148 valence electrons. The van der Waals surface area contributed by atoms with Gasteiger partial charge in [-0.1, -0.05) is 6.07 Å². The molecule has 0 saturated carbocycles. The summed E-state index contributed by atoms with van der Waals surface area (Å²) in [6.07, 6.45) is 0. The van der Waals surface area contributed by atoms with Crippen molar-refractivity contribution in [2.75, 3.05) is 47.4 Å². The molecule has 0 aliphatic carbocycles. The van der Waals surface area contributed by atoms with E-state index in [9.17, 15) is 0 Å². The molecule has 1 saturated heterocycles. The molecule has 1 atom stereocenters. The number of nitrogens with zero attached hydrogens (tertiary/aromatic N) is 6. The van der Waals surface area contributed by atoms with E-state index in [0.717, 1.165) is 37.6 Å². The fraction of sp³-hybridized carbons (Fsp3) is 0.632. The van der Waals surface area contributed by atoms with Gasteiger partial charge in [0, 0.05) is 26.2 Å². The van der Waals surface area contributed by atoms with Crippen LogP contribution in [0.5, 0.6) is 11.5 Å². The van der Waals surface area contributed by atoms with Crippen molar-refractivity contribution in [3.63, 3.8) is 0 Å². The number of aromatic nitrogens is 4. The lowest BCUT2D eigenvalue weighted by Gasteiger charge is -2.38. The maximum absolute atomic E-state index is 5.54. The Morgan fingerprint density at radius 3 is 2.26 bits per heavy atom. The van der Waals surface area contributed by atoms with Crippen LogP contribution in [0.15, 0.2) is 18.2 Å². The summed E-state index contributed by atoms with van der Waals surface area (Å²) in [4.78, 5) is 4.78. The van der Waals surface area contributed by atoms with Gasteiger partial charge in [0.15, 0.2) is 17.3 Å². The minimum absolute atomic E-state index is 0.0484. The molecule has 3 rings (SSSR count). The van der Waals surface area contributed by atoms with Crippen molar-refractivity contribution in [3.05, 3.63) is 29.6 Å². The van der Waals surface area contributed by atoms with Crippen molar-refractivity contribution in [3.8, 4) is 11.5 Å². The predicted octanol–water partition coefficient (Wildman–Crippen LogP) is 1.78. The molecule has 1 aromatic heterocycles. The lowest BCUT2D eigenvalue weighted by molar-refractivity contribution is 0.118. The third kappa shape index (κ3) is 4.06. The zero-order chi connectivity index (χ0) is 19.6. The van der Waals surface area contributed by atoms with E-state index >= 15 is 0 Å². The van der Waals surface area contributed by atoms with E-state index < -0.39 is 0 Å². The van der Waals surface area contributed by atoms with Gasteiger partial charge in [-0.25, -0.2) is 4.68 Å². The molecule has 0 unspecified atom stereocenters. The lowest BCUT2D eigenvalue weighted by atomic mass is 10.0. The van der Waals surface area contributed by atoms with Gasteiger partial charge in [0.2, 0.25) is 0 Å². The second-order valence-electron chi connectivity index (χ2n) is 7.98. The molecule has 1 aliphatic heterocycles. The van der Waals surface area contributed by atoms with Crippen LogP contribution in [0.3, 0.4) is 0 Å². The molecular weight excluding hydrogens is 344 g/mol. The maximum atomic E-state index is 5.54. The number of ether oxygens (including phenoxy) is 2. The van der Waals surface area contributed by atoms with Crippen LogP contribution in [0.1, 0.15) is 38.2 Å². The summed E-state index contributed by atoms with van der Waals surface area (Å²) in [5.41, 5.74) is 0.887. The van der Waals surface area contributed by atoms with E-state index in [4.69, 9.17) is 9.47 Å². The summed E-state index contributed by atoms with van der Waals surface area (Å²) in [6.45, 7) is 10.3. The molecule has 27 heavy (non-hydrogen) atoms. The SMILES string of the molecule is COc1ccc([C@@H](c2nnnn2C(C)(C)C)N2CCN(C)CC2)cc1OC. The van der Waals surface area contributed by atoms with Gasteiger partial charge >= 0.3 is 0 Å². The van der Waals surface area contributed by atoms with Crippen LogP contribution in [-0.4, -0.2) is 77.5 Å². The number of rotatable bonds is 5. The van der Waals surface area contributed by atoms with E-state index in [-0.39, 0.29) is 11.6 Å². The standard InChI is InChI=1S/C19H30N6O2/c1-19(2,3)25-18(20-21-22-25)17(24-11-9-23(4)10-12-24)14-7-8-15(26-5)16(13-14)27-6/h7-8,13,17H,9-12H2,1-6H3/t17-/m0/s1. The van der Waals surface area contributed by atoms with E-state index in [2.05, 4.69) is 59.2 Å². The number of benzene rings is 1. The van der Waals surface area contributed by atoms with Crippen LogP contribution in [0.4, 0.5) is 0 Å². The van der Waals surface area contributed by atoms with Crippen LogP contribution < -0.4 is 9.47 Å². The predicted molar refractivity (Wildman–Crippen MR) is 103 cm³/mol. The highest BCUT2D eigenvalue weighted by Gasteiger charge is 2.33. The zero-order valence-corrected chi connectivity index (χ0v) is 17.1. The fourth-order valence-electron chi connectivity index (χ4n) is 3.47. The Hall–Kier alpha value is -2.19. The van der Waals surface area contributed by atoms with Crippen LogP contribution in [0.2, 0.25) is 0 Å². The summed E-state index contributed by atoms with van der Waals surface area (Å²) >= 11 is 0. The summed E-state index contributed by atoms with van der Waals surface area (Å²) in [5.74, 6) is 2.27. The van der Waals surface area contributed by atoms with Gasteiger partial charge in [0.25, 0.3) is 0 Å². The second-order valence-corrected chi connectivity index (χ2v) is 7.98. The van der Waals surface area contributed by atoms with Crippen molar-refractivity contribution in [1.82, 2.24) is 30.0 Å². The smallest absolute Gasteiger partial charge is 0.173 e. The topological polar surface area (TPSA) is 68.5 Å². The Kier molecular flexibility index (Phi) is 5.67.